The summed E-state index contributed by atoms with van der Waals surface area (Å²) in [6.45, 7) is 3.27. The Morgan fingerprint density at radius 3 is 2.61 bits per heavy atom. The number of cyclic esters (lactones) is 1. The second kappa shape index (κ2) is 9.18. The summed E-state index contributed by atoms with van der Waals surface area (Å²) < 4.78 is 10.5. The van der Waals surface area contributed by atoms with E-state index in [-0.39, 0.29) is 11.9 Å². The SMILES string of the molecule is CCCCCCCOc1ccc(C(=O)N[C@@H]2CCOC2=O)cc1. The van der Waals surface area contributed by atoms with E-state index < -0.39 is 6.04 Å². The quantitative estimate of drug-likeness (QED) is 0.561. The molecule has 1 amide bonds. The minimum Gasteiger partial charge on any atom is -0.494 e. The molecule has 5 heteroatoms. The first kappa shape index (κ1) is 17.3. The number of nitrogens with one attached hydrogen (secondary N) is 1. The van der Waals surface area contributed by atoms with E-state index in [9.17, 15) is 9.59 Å². The maximum atomic E-state index is 12.1. The zero-order valence-corrected chi connectivity index (χ0v) is 13.7. The van der Waals surface area contributed by atoms with E-state index >= 15 is 0 Å². The van der Waals surface area contributed by atoms with Crippen molar-refractivity contribution in [1.82, 2.24) is 5.32 Å². The first-order chi connectivity index (χ1) is 11.2. The van der Waals surface area contributed by atoms with Crippen LogP contribution in [0.25, 0.3) is 0 Å². The van der Waals surface area contributed by atoms with Gasteiger partial charge in [0.25, 0.3) is 5.91 Å². The van der Waals surface area contributed by atoms with E-state index in [4.69, 9.17) is 9.47 Å². The van der Waals surface area contributed by atoms with Crippen molar-refractivity contribution in [3.05, 3.63) is 29.8 Å². The van der Waals surface area contributed by atoms with Crippen LogP contribution in [0.1, 0.15) is 55.8 Å². The second-order valence-corrected chi connectivity index (χ2v) is 5.77. The molecule has 1 aliphatic heterocycles. The predicted octanol–water partition coefficient (Wildman–Crippen LogP) is 3.08. The Morgan fingerprint density at radius 2 is 1.96 bits per heavy atom. The summed E-state index contributed by atoms with van der Waals surface area (Å²) in [6, 6.07) is 6.47. The molecule has 0 unspecified atom stereocenters. The molecule has 0 saturated carbocycles. The second-order valence-electron chi connectivity index (χ2n) is 5.77. The highest BCUT2D eigenvalue weighted by atomic mass is 16.5. The highest BCUT2D eigenvalue weighted by Gasteiger charge is 2.28. The number of amides is 1. The molecule has 1 N–H and O–H groups in total. The average Bonchev–Trinajstić information content (AvgIpc) is 2.96. The zero-order valence-electron chi connectivity index (χ0n) is 13.7. The van der Waals surface area contributed by atoms with Crippen LogP contribution in [0.5, 0.6) is 5.75 Å². The van der Waals surface area contributed by atoms with E-state index in [1.165, 1.54) is 25.7 Å². The topological polar surface area (TPSA) is 64.6 Å². The van der Waals surface area contributed by atoms with Crippen molar-refractivity contribution < 1.29 is 19.1 Å². The fourth-order valence-electron chi connectivity index (χ4n) is 2.47. The Kier molecular flexibility index (Phi) is 6.91. The van der Waals surface area contributed by atoms with Gasteiger partial charge in [0.05, 0.1) is 13.2 Å². The van der Waals surface area contributed by atoms with Gasteiger partial charge in [0.2, 0.25) is 0 Å². The van der Waals surface area contributed by atoms with Crippen LogP contribution in [-0.2, 0) is 9.53 Å². The molecule has 0 bridgehead atoms. The number of benzene rings is 1. The van der Waals surface area contributed by atoms with Crippen LogP contribution < -0.4 is 10.1 Å². The molecule has 0 spiro atoms. The van der Waals surface area contributed by atoms with Crippen molar-refractivity contribution in [2.24, 2.45) is 0 Å². The first-order valence-corrected chi connectivity index (χ1v) is 8.41. The molecule has 126 valence electrons. The van der Waals surface area contributed by atoms with Crippen molar-refractivity contribution in [3.63, 3.8) is 0 Å². The molecular formula is C18H25NO4. The molecule has 1 fully saturated rings. The van der Waals surface area contributed by atoms with Crippen LogP contribution in [0.4, 0.5) is 0 Å². The lowest BCUT2D eigenvalue weighted by Gasteiger charge is -2.10. The molecular weight excluding hydrogens is 294 g/mol. The Labute approximate surface area is 137 Å². The number of carbonyl (C=O) groups excluding carboxylic acids is 2. The summed E-state index contributed by atoms with van der Waals surface area (Å²) in [6.07, 6.45) is 6.53. The molecule has 1 aromatic rings. The Balaban J connectivity index is 1.73. The van der Waals surface area contributed by atoms with Gasteiger partial charge in [0.15, 0.2) is 0 Å². The molecule has 1 atom stereocenters. The molecule has 2 rings (SSSR count). The highest BCUT2D eigenvalue weighted by molar-refractivity contribution is 5.97. The lowest BCUT2D eigenvalue weighted by molar-refractivity contribution is -0.139. The number of carbonyl (C=O) groups is 2. The van der Waals surface area contributed by atoms with Gasteiger partial charge in [0, 0.05) is 12.0 Å². The molecule has 0 aliphatic carbocycles. The van der Waals surface area contributed by atoms with E-state index in [0.29, 0.717) is 25.2 Å². The van der Waals surface area contributed by atoms with Crippen LogP contribution in [0.2, 0.25) is 0 Å². The average molecular weight is 319 g/mol. The standard InChI is InChI=1S/C18H25NO4/c1-2-3-4-5-6-12-22-15-9-7-14(8-10-15)17(20)19-16-11-13-23-18(16)21/h7-10,16H,2-6,11-13H2,1H3,(H,19,20)/t16-/m1/s1. The minimum atomic E-state index is -0.526. The summed E-state index contributed by atoms with van der Waals surface area (Å²) >= 11 is 0. The Bertz CT molecular complexity index is 512. The van der Waals surface area contributed by atoms with Crippen molar-refractivity contribution in [1.29, 1.82) is 0 Å². The Hall–Kier alpha value is -2.04. The van der Waals surface area contributed by atoms with Gasteiger partial charge >= 0.3 is 5.97 Å². The number of esters is 1. The van der Waals surface area contributed by atoms with Crippen molar-refractivity contribution in [3.8, 4) is 5.75 Å². The molecule has 1 heterocycles. The van der Waals surface area contributed by atoms with Gasteiger partial charge in [-0.1, -0.05) is 32.6 Å². The van der Waals surface area contributed by atoms with Crippen LogP contribution in [0.3, 0.4) is 0 Å². The normalized spacial score (nSPS) is 16.9. The first-order valence-electron chi connectivity index (χ1n) is 8.41. The lowest BCUT2D eigenvalue weighted by atomic mass is 10.1. The summed E-state index contributed by atoms with van der Waals surface area (Å²) in [7, 11) is 0. The molecule has 5 nitrogen and oxygen atoms in total. The fraction of sp³-hybridized carbons (Fsp3) is 0.556. The van der Waals surface area contributed by atoms with Gasteiger partial charge in [-0.05, 0) is 30.7 Å². The maximum absolute atomic E-state index is 12.1. The van der Waals surface area contributed by atoms with Crippen molar-refractivity contribution in [2.45, 2.75) is 51.5 Å². The molecule has 1 aromatic carbocycles. The third kappa shape index (κ3) is 5.58. The number of unbranched alkanes of at least 4 members (excludes halogenated alkanes) is 4. The van der Waals surface area contributed by atoms with Crippen molar-refractivity contribution >= 4 is 11.9 Å². The summed E-state index contributed by atoms with van der Waals surface area (Å²) in [4.78, 5) is 23.4. The predicted molar refractivity (Wildman–Crippen MR) is 87.5 cm³/mol. The van der Waals surface area contributed by atoms with Crippen molar-refractivity contribution in [2.75, 3.05) is 13.2 Å². The molecule has 0 aromatic heterocycles. The van der Waals surface area contributed by atoms with Crippen LogP contribution in [0, 0.1) is 0 Å². The molecule has 1 saturated heterocycles. The van der Waals surface area contributed by atoms with Gasteiger partial charge in [-0.25, -0.2) is 4.79 Å². The third-order valence-corrected chi connectivity index (χ3v) is 3.87. The van der Waals surface area contributed by atoms with Crippen LogP contribution in [0.15, 0.2) is 24.3 Å². The summed E-state index contributed by atoms with van der Waals surface area (Å²) in [5.41, 5.74) is 0.514. The fourth-order valence-corrected chi connectivity index (χ4v) is 2.47. The third-order valence-electron chi connectivity index (χ3n) is 3.87. The van der Waals surface area contributed by atoms with Gasteiger partial charge in [-0.15, -0.1) is 0 Å². The molecule has 23 heavy (non-hydrogen) atoms. The number of hydrogen-bond donors (Lipinski definition) is 1. The smallest absolute Gasteiger partial charge is 0.328 e. The van der Waals surface area contributed by atoms with Gasteiger partial charge in [-0.2, -0.15) is 0 Å². The Morgan fingerprint density at radius 1 is 1.22 bits per heavy atom. The van der Waals surface area contributed by atoms with Gasteiger partial charge < -0.3 is 14.8 Å². The molecule has 0 radical (unpaired) electrons. The minimum absolute atomic E-state index is 0.264. The highest BCUT2D eigenvalue weighted by Crippen LogP contribution is 2.14. The number of hydrogen-bond acceptors (Lipinski definition) is 4. The van der Waals surface area contributed by atoms with E-state index in [1.54, 1.807) is 24.3 Å². The van der Waals surface area contributed by atoms with E-state index in [0.717, 1.165) is 12.2 Å². The maximum Gasteiger partial charge on any atom is 0.328 e. The van der Waals surface area contributed by atoms with E-state index in [2.05, 4.69) is 12.2 Å². The largest absolute Gasteiger partial charge is 0.494 e. The van der Waals surface area contributed by atoms with Gasteiger partial charge in [-0.3, -0.25) is 4.79 Å². The summed E-state index contributed by atoms with van der Waals surface area (Å²) in [5.74, 6) is 0.138. The lowest BCUT2D eigenvalue weighted by Crippen LogP contribution is -2.37. The number of rotatable bonds is 9. The number of ether oxygens (including phenoxy) is 2. The van der Waals surface area contributed by atoms with Crippen LogP contribution in [-0.4, -0.2) is 31.1 Å². The van der Waals surface area contributed by atoms with E-state index in [1.807, 2.05) is 0 Å². The van der Waals surface area contributed by atoms with Crippen LogP contribution >= 0.6 is 0 Å². The molecule has 1 aliphatic rings. The van der Waals surface area contributed by atoms with Gasteiger partial charge in [0.1, 0.15) is 11.8 Å². The monoisotopic (exact) mass is 319 g/mol. The zero-order chi connectivity index (χ0) is 16.5. The summed E-state index contributed by atoms with van der Waals surface area (Å²) in [5, 5.41) is 2.68.